The van der Waals surface area contributed by atoms with Gasteiger partial charge in [-0.2, -0.15) is 0 Å². The molecular weight excluding hydrogens is 673 g/mol. The van der Waals surface area contributed by atoms with Crippen molar-refractivity contribution in [3.63, 3.8) is 0 Å². The molecule has 250 valence electrons. The molecule has 0 spiro atoms. The Bertz CT molecular complexity index is 3440. The fourth-order valence-corrected chi connectivity index (χ4v) is 10.2. The molecule has 0 saturated carbocycles. The molecule has 2 heteroatoms. The summed E-state index contributed by atoms with van der Waals surface area (Å²) < 4.78 is 9.46. The molecule has 12 aromatic rings. The summed E-state index contributed by atoms with van der Waals surface area (Å²) in [5.41, 5.74) is 9.23. The Kier molecular flexibility index (Phi) is 6.28. The van der Waals surface area contributed by atoms with Gasteiger partial charge < -0.3 is 4.42 Å². The van der Waals surface area contributed by atoms with Crippen LogP contribution in [-0.2, 0) is 0 Å². The Balaban J connectivity index is 1.10. The largest absolute Gasteiger partial charge is 0.455 e. The lowest BCUT2D eigenvalue weighted by Gasteiger charge is -2.18. The first-order chi connectivity index (χ1) is 26.8. The zero-order valence-corrected chi connectivity index (χ0v) is 30.0. The van der Waals surface area contributed by atoms with Crippen LogP contribution in [-0.4, -0.2) is 0 Å². The van der Waals surface area contributed by atoms with Crippen LogP contribution in [0.1, 0.15) is 0 Å². The summed E-state index contributed by atoms with van der Waals surface area (Å²) in [6, 6.07) is 66.6. The van der Waals surface area contributed by atoms with Crippen LogP contribution in [0, 0.1) is 0 Å². The summed E-state index contributed by atoms with van der Waals surface area (Å²) in [4.78, 5) is 0. The number of thiophene rings is 1. The summed E-state index contributed by atoms with van der Waals surface area (Å²) in [6.07, 6.45) is 0. The third-order valence-corrected chi connectivity index (χ3v) is 12.5. The van der Waals surface area contributed by atoms with Crippen molar-refractivity contribution in [2.75, 3.05) is 0 Å². The molecule has 10 aromatic carbocycles. The second kappa shape index (κ2) is 11.4. The fraction of sp³-hybridized carbons (Fsp3) is 0. The smallest absolute Gasteiger partial charge is 0.143 e. The van der Waals surface area contributed by atoms with Crippen molar-refractivity contribution >= 4 is 96.5 Å². The van der Waals surface area contributed by atoms with Crippen molar-refractivity contribution in [3.05, 3.63) is 182 Å². The third-order valence-electron chi connectivity index (χ3n) is 11.4. The van der Waals surface area contributed by atoms with E-state index < -0.39 is 0 Å². The lowest BCUT2D eigenvalue weighted by Crippen LogP contribution is -1.91. The maximum absolute atomic E-state index is 6.89. The predicted molar refractivity (Wildman–Crippen MR) is 233 cm³/mol. The number of hydrogen-bond donors (Lipinski definition) is 0. The third kappa shape index (κ3) is 4.26. The number of hydrogen-bond acceptors (Lipinski definition) is 2. The fourth-order valence-electron chi connectivity index (χ4n) is 9.07. The molecule has 0 saturated heterocycles. The van der Waals surface area contributed by atoms with Gasteiger partial charge in [-0.15, -0.1) is 11.3 Å². The van der Waals surface area contributed by atoms with E-state index in [4.69, 9.17) is 4.42 Å². The van der Waals surface area contributed by atoms with E-state index in [1.165, 1.54) is 107 Å². The lowest BCUT2D eigenvalue weighted by molar-refractivity contribution is 0.671. The standard InChI is InChI=1S/C52H30OS/c1-2-13-32(14-3-1)47-38-16-6-8-18-40(38)48(41-19-9-7-17-39(41)47)35-24-22-34-29-36(25-23-33(34)28-35)49-51-42-20-10-11-21-45(42)54-46(51)30-43-50-37-15-5-4-12-31(37)26-27-44(50)53-52(43)49/h1-30H. The zero-order valence-electron chi connectivity index (χ0n) is 29.1. The maximum Gasteiger partial charge on any atom is 0.143 e. The van der Waals surface area contributed by atoms with Crippen LogP contribution in [0.2, 0.25) is 0 Å². The van der Waals surface area contributed by atoms with E-state index >= 15 is 0 Å². The predicted octanol–water partition coefficient (Wildman–Crippen LogP) is 15.6. The van der Waals surface area contributed by atoms with Crippen molar-refractivity contribution in [1.29, 1.82) is 0 Å². The normalized spacial score (nSPS) is 12.1. The molecule has 2 heterocycles. The first kappa shape index (κ1) is 29.8. The van der Waals surface area contributed by atoms with Gasteiger partial charge in [0.05, 0.1) is 0 Å². The molecule has 0 aliphatic rings. The SMILES string of the molecule is c1ccc(-c2c3ccccc3c(-c3ccc4cc(-c5c6oc7ccc8ccccc8c7c6cc6sc7ccccc7c56)ccc4c3)c3ccccc23)cc1. The Labute approximate surface area is 314 Å². The Morgan fingerprint density at radius 2 is 0.852 bits per heavy atom. The second-order valence-corrected chi connectivity index (χ2v) is 15.4. The molecule has 0 aliphatic heterocycles. The van der Waals surface area contributed by atoms with Crippen LogP contribution in [0.5, 0.6) is 0 Å². The van der Waals surface area contributed by atoms with Crippen molar-refractivity contribution in [2.45, 2.75) is 0 Å². The molecule has 2 aromatic heterocycles. The summed E-state index contributed by atoms with van der Waals surface area (Å²) in [5, 5.41) is 14.8. The van der Waals surface area contributed by atoms with E-state index in [2.05, 4.69) is 182 Å². The minimum absolute atomic E-state index is 0.926. The van der Waals surface area contributed by atoms with Gasteiger partial charge in [-0.1, -0.05) is 152 Å². The lowest BCUT2D eigenvalue weighted by atomic mass is 9.85. The second-order valence-electron chi connectivity index (χ2n) is 14.3. The number of fused-ring (bicyclic) bond motifs is 11. The molecule has 0 unspecified atom stereocenters. The topological polar surface area (TPSA) is 13.1 Å². The van der Waals surface area contributed by atoms with Crippen molar-refractivity contribution in [3.8, 4) is 33.4 Å². The van der Waals surface area contributed by atoms with Gasteiger partial charge in [0.15, 0.2) is 0 Å². The van der Waals surface area contributed by atoms with Crippen molar-refractivity contribution in [1.82, 2.24) is 0 Å². The number of furan rings is 1. The van der Waals surface area contributed by atoms with Crippen LogP contribution in [0.3, 0.4) is 0 Å². The Morgan fingerprint density at radius 3 is 1.54 bits per heavy atom. The molecule has 1 nitrogen and oxygen atoms in total. The Hall–Kier alpha value is -6.74. The number of benzene rings is 10. The summed E-state index contributed by atoms with van der Waals surface area (Å²) >= 11 is 1.87. The quantitative estimate of drug-likeness (QED) is 0.167. The minimum atomic E-state index is 0.926. The average molecular weight is 703 g/mol. The van der Waals surface area contributed by atoms with Gasteiger partial charge in [0.25, 0.3) is 0 Å². The minimum Gasteiger partial charge on any atom is -0.455 e. The molecule has 54 heavy (non-hydrogen) atoms. The van der Waals surface area contributed by atoms with Gasteiger partial charge in [-0.25, -0.2) is 0 Å². The molecule has 0 fully saturated rings. The summed E-state index contributed by atoms with van der Waals surface area (Å²) in [6.45, 7) is 0. The van der Waals surface area contributed by atoms with Gasteiger partial charge in [0.1, 0.15) is 11.2 Å². The maximum atomic E-state index is 6.89. The van der Waals surface area contributed by atoms with Gasteiger partial charge >= 0.3 is 0 Å². The molecule has 0 amide bonds. The van der Waals surface area contributed by atoms with E-state index in [0.717, 1.165) is 11.2 Å². The van der Waals surface area contributed by atoms with Gasteiger partial charge in [-0.3, -0.25) is 0 Å². The van der Waals surface area contributed by atoms with E-state index in [9.17, 15) is 0 Å². The summed E-state index contributed by atoms with van der Waals surface area (Å²) in [7, 11) is 0. The molecule has 12 rings (SSSR count). The van der Waals surface area contributed by atoms with Gasteiger partial charge in [0.2, 0.25) is 0 Å². The highest BCUT2D eigenvalue weighted by Crippen LogP contribution is 2.49. The van der Waals surface area contributed by atoms with Crippen LogP contribution >= 0.6 is 11.3 Å². The molecule has 0 aliphatic carbocycles. The van der Waals surface area contributed by atoms with Crippen LogP contribution in [0.15, 0.2) is 186 Å². The molecule has 0 bridgehead atoms. The zero-order chi connectivity index (χ0) is 35.3. The molecule has 0 N–H and O–H groups in total. The van der Waals surface area contributed by atoms with E-state index in [1.807, 2.05) is 11.3 Å². The van der Waals surface area contributed by atoms with Crippen LogP contribution in [0.25, 0.3) is 119 Å². The first-order valence-corrected chi connectivity index (χ1v) is 19.3. The number of rotatable bonds is 3. The first-order valence-electron chi connectivity index (χ1n) is 18.5. The van der Waals surface area contributed by atoms with Gasteiger partial charge in [-0.05, 0) is 101 Å². The molecule has 0 atom stereocenters. The highest BCUT2D eigenvalue weighted by Gasteiger charge is 2.22. The van der Waals surface area contributed by atoms with Crippen LogP contribution < -0.4 is 0 Å². The highest BCUT2D eigenvalue weighted by atomic mass is 32.1. The van der Waals surface area contributed by atoms with Crippen molar-refractivity contribution in [2.24, 2.45) is 0 Å². The Morgan fingerprint density at radius 1 is 0.315 bits per heavy atom. The van der Waals surface area contributed by atoms with Crippen molar-refractivity contribution < 1.29 is 4.42 Å². The van der Waals surface area contributed by atoms with Gasteiger partial charge in [0, 0.05) is 36.5 Å². The average Bonchev–Trinajstić information content (AvgIpc) is 3.80. The summed E-state index contributed by atoms with van der Waals surface area (Å²) in [5.74, 6) is 0. The molecule has 0 radical (unpaired) electrons. The monoisotopic (exact) mass is 702 g/mol. The molecular formula is C52H30OS. The van der Waals surface area contributed by atoms with E-state index in [1.54, 1.807) is 0 Å². The highest BCUT2D eigenvalue weighted by molar-refractivity contribution is 7.26. The van der Waals surface area contributed by atoms with Crippen LogP contribution in [0.4, 0.5) is 0 Å². The van der Waals surface area contributed by atoms with E-state index in [-0.39, 0.29) is 0 Å². The van der Waals surface area contributed by atoms with E-state index in [0.29, 0.717) is 0 Å².